The highest BCUT2D eigenvalue weighted by atomic mass is 16.5. The minimum Gasteiger partial charge on any atom is -0.462 e. The van der Waals surface area contributed by atoms with Crippen LogP contribution < -0.4 is 9.64 Å². The summed E-state index contributed by atoms with van der Waals surface area (Å²) in [6.07, 6.45) is 0.370. The second-order valence-corrected chi connectivity index (χ2v) is 8.59. The van der Waals surface area contributed by atoms with Gasteiger partial charge in [-0.2, -0.15) is 0 Å². The van der Waals surface area contributed by atoms with Crippen molar-refractivity contribution in [2.75, 3.05) is 11.5 Å². The largest absolute Gasteiger partial charge is 0.462 e. The van der Waals surface area contributed by atoms with Crippen LogP contribution in [0.2, 0.25) is 0 Å². The molecule has 0 saturated carbocycles. The first-order valence-corrected chi connectivity index (χ1v) is 11.9. The lowest BCUT2D eigenvalue weighted by atomic mass is 10.1. The van der Waals surface area contributed by atoms with Crippen molar-refractivity contribution < 1.29 is 28.7 Å². The van der Waals surface area contributed by atoms with E-state index >= 15 is 0 Å². The van der Waals surface area contributed by atoms with E-state index in [1.54, 1.807) is 37.3 Å². The lowest BCUT2D eigenvalue weighted by Crippen LogP contribution is -2.28. The number of anilines is 1. The van der Waals surface area contributed by atoms with Gasteiger partial charge in [0.15, 0.2) is 0 Å². The van der Waals surface area contributed by atoms with Gasteiger partial charge in [-0.3, -0.25) is 14.5 Å². The predicted octanol–water partition coefficient (Wildman–Crippen LogP) is 4.99. The van der Waals surface area contributed by atoms with Crippen LogP contribution in [0.4, 0.5) is 5.69 Å². The Balaban J connectivity index is 1.47. The van der Waals surface area contributed by atoms with Gasteiger partial charge in [-0.15, -0.1) is 0 Å². The average Bonchev–Trinajstić information content (AvgIpc) is 3.39. The van der Waals surface area contributed by atoms with Crippen LogP contribution in [0.15, 0.2) is 72.8 Å². The third-order valence-electron chi connectivity index (χ3n) is 6.29. The molecule has 186 valence electrons. The number of imide groups is 1. The van der Waals surface area contributed by atoms with Crippen LogP contribution in [0.3, 0.4) is 0 Å². The second kappa shape index (κ2) is 9.73. The number of para-hydroxylation sites is 1. The molecule has 5 rings (SSSR count). The number of nitrogens with zero attached hydrogens (tertiary/aromatic N) is 2. The van der Waals surface area contributed by atoms with Crippen LogP contribution in [-0.2, 0) is 14.3 Å². The van der Waals surface area contributed by atoms with Gasteiger partial charge in [0.2, 0.25) is 11.8 Å². The van der Waals surface area contributed by atoms with Gasteiger partial charge in [0.05, 0.1) is 28.9 Å². The molecule has 0 bridgehead atoms. The molecule has 3 aromatic carbocycles. The van der Waals surface area contributed by atoms with Crippen molar-refractivity contribution in [2.45, 2.75) is 26.7 Å². The van der Waals surface area contributed by atoms with Gasteiger partial charge in [-0.1, -0.05) is 18.2 Å². The predicted molar refractivity (Wildman–Crippen MR) is 137 cm³/mol. The molecule has 1 saturated heterocycles. The molecule has 37 heavy (non-hydrogen) atoms. The van der Waals surface area contributed by atoms with E-state index in [1.807, 2.05) is 41.8 Å². The molecule has 2 heterocycles. The molecule has 0 atom stereocenters. The van der Waals surface area contributed by atoms with E-state index in [0.29, 0.717) is 22.3 Å². The SMILES string of the molecule is CCOC(=O)c1c(C)n(-c2ccccc2)c2ccc(OC(=O)c3ccc(N4C(=O)CCC4=O)cc3)cc12. The maximum atomic E-state index is 12.9. The monoisotopic (exact) mass is 496 g/mol. The summed E-state index contributed by atoms with van der Waals surface area (Å²) in [6, 6.07) is 20.9. The first kappa shape index (κ1) is 24.0. The average molecular weight is 497 g/mol. The maximum Gasteiger partial charge on any atom is 0.343 e. The molecule has 0 spiro atoms. The van der Waals surface area contributed by atoms with Crippen molar-refractivity contribution in [1.82, 2.24) is 4.57 Å². The zero-order valence-corrected chi connectivity index (χ0v) is 20.4. The Bertz CT molecular complexity index is 1520. The molecule has 4 aromatic rings. The van der Waals surface area contributed by atoms with Gasteiger partial charge < -0.3 is 14.0 Å². The fourth-order valence-corrected chi connectivity index (χ4v) is 4.61. The minimum atomic E-state index is -0.609. The summed E-state index contributed by atoms with van der Waals surface area (Å²) in [5.74, 6) is -1.32. The Labute approximate surface area is 213 Å². The molecule has 0 unspecified atom stereocenters. The molecule has 0 N–H and O–H groups in total. The highest BCUT2D eigenvalue weighted by Crippen LogP contribution is 2.33. The number of esters is 2. The summed E-state index contributed by atoms with van der Waals surface area (Å²) in [5.41, 5.74) is 3.46. The molecule has 8 heteroatoms. The fourth-order valence-electron chi connectivity index (χ4n) is 4.61. The van der Waals surface area contributed by atoms with Gasteiger partial charge in [-0.05, 0) is 68.4 Å². The van der Waals surface area contributed by atoms with Crippen molar-refractivity contribution in [3.8, 4) is 11.4 Å². The molecule has 0 radical (unpaired) electrons. The van der Waals surface area contributed by atoms with E-state index in [-0.39, 0.29) is 42.6 Å². The first-order valence-electron chi connectivity index (χ1n) is 11.9. The van der Waals surface area contributed by atoms with Crippen LogP contribution in [0.25, 0.3) is 16.6 Å². The number of hydrogen-bond acceptors (Lipinski definition) is 6. The number of fused-ring (bicyclic) bond motifs is 1. The van der Waals surface area contributed by atoms with Crippen LogP contribution >= 0.6 is 0 Å². The summed E-state index contributed by atoms with van der Waals surface area (Å²) in [7, 11) is 0. The maximum absolute atomic E-state index is 12.9. The van der Waals surface area contributed by atoms with Crippen molar-refractivity contribution >= 4 is 40.3 Å². The summed E-state index contributed by atoms with van der Waals surface area (Å²) in [4.78, 5) is 50.8. The van der Waals surface area contributed by atoms with E-state index in [2.05, 4.69) is 0 Å². The number of benzene rings is 3. The second-order valence-electron chi connectivity index (χ2n) is 8.59. The molecule has 1 aromatic heterocycles. The van der Waals surface area contributed by atoms with E-state index in [0.717, 1.165) is 16.1 Å². The first-order chi connectivity index (χ1) is 17.9. The van der Waals surface area contributed by atoms with Gasteiger partial charge in [0.1, 0.15) is 5.75 Å². The normalized spacial score (nSPS) is 13.3. The number of aromatic nitrogens is 1. The van der Waals surface area contributed by atoms with Crippen LogP contribution in [0.1, 0.15) is 46.2 Å². The van der Waals surface area contributed by atoms with Crippen molar-refractivity contribution in [1.29, 1.82) is 0 Å². The van der Waals surface area contributed by atoms with Crippen molar-refractivity contribution in [2.24, 2.45) is 0 Å². The number of hydrogen-bond donors (Lipinski definition) is 0. The molecular formula is C29H24N2O6. The Hall–Kier alpha value is -4.72. The Morgan fingerprint density at radius 3 is 2.16 bits per heavy atom. The molecule has 0 aliphatic carbocycles. The summed E-state index contributed by atoms with van der Waals surface area (Å²) < 4.78 is 12.9. The molecule has 1 aliphatic heterocycles. The molecule has 2 amide bonds. The molecule has 1 fully saturated rings. The standard InChI is InChI=1S/C29H24N2O6/c1-3-36-29(35)27-18(2)30(20-7-5-4-6-8-20)24-14-13-22(17-23(24)27)37-28(34)19-9-11-21(12-10-19)31-25(32)15-16-26(31)33/h4-14,17H,3,15-16H2,1-2H3. The number of ether oxygens (including phenoxy) is 2. The van der Waals surface area contributed by atoms with E-state index in [1.165, 1.54) is 12.1 Å². The fraction of sp³-hybridized carbons (Fsp3) is 0.172. The van der Waals surface area contributed by atoms with Gasteiger partial charge in [0.25, 0.3) is 0 Å². The zero-order chi connectivity index (χ0) is 26.1. The van der Waals surface area contributed by atoms with Crippen molar-refractivity contribution in [3.05, 3.63) is 89.6 Å². The number of rotatable bonds is 6. The highest BCUT2D eigenvalue weighted by Gasteiger charge is 2.30. The molecule has 1 aliphatic rings. The third-order valence-corrected chi connectivity index (χ3v) is 6.29. The number of amides is 2. The van der Waals surface area contributed by atoms with Crippen LogP contribution in [0, 0.1) is 6.92 Å². The molecule has 8 nitrogen and oxygen atoms in total. The van der Waals surface area contributed by atoms with E-state index < -0.39 is 11.9 Å². The number of carbonyl (C=O) groups excluding carboxylic acids is 4. The lowest BCUT2D eigenvalue weighted by molar-refractivity contribution is -0.121. The van der Waals surface area contributed by atoms with Crippen LogP contribution in [-0.4, -0.2) is 34.9 Å². The van der Waals surface area contributed by atoms with E-state index in [9.17, 15) is 19.2 Å². The number of carbonyl (C=O) groups is 4. The van der Waals surface area contributed by atoms with E-state index in [4.69, 9.17) is 9.47 Å². The Morgan fingerprint density at radius 1 is 0.838 bits per heavy atom. The zero-order valence-electron chi connectivity index (χ0n) is 20.4. The Kier molecular flexibility index (Phi) is 6.31. The minimum absolute atomic E-state index is 0.185. The van der Waals surface area contributed by atoms with Crippen LogP contribution in [0.5, 0.6) is 5.75 Å². The Morgan fingerprint density at radius 2 is 1.51 bits per heavy atom. The van der Waals surface area contributed by atoms with Gasteiger partial charge in [0, 0.05) is 29.6 Å². The molecular weight excluding hydrogens is 472 g/mol. The quantitative estimate of drug-likeness (QED) is 0.212. The van der Waals surface area contributed by atoms with Gasteiger partial charge in [-0.25, -0.2) is 9.59 Å². The topological polar surface area (TPSA) is 94.9 Å². The van der Waals surface area contributed by atoms with Gasteiger partial charge >= 0.3 is 11.9 Å². The smallest absolute Gasteiger partial charge is 0.343 e. The summed E-state index contributed by atoms with van der Waals surface area (Å²) >= 11 is 0. The summed E-state index contributed by atoms with van der Waals surface area (Å²) in [6.45, 7) is 3.83. The lowest BCUT2D eigenvalue weighted by Gasteiger charge is -2.14. The third kappa shape index (κ3) is 4.38. The van der Waals surface area contributed by atoms with Crippen molar-refractivity contribution in [3.63, 3.8) is 0 Å². The summed E-state index contributed by atoms with van der Waals surface area (Å²) in [5, 5.41) is 0.603. The highest BCUT2D eigenvalue weighted by molar-refractivity contribution is 6.19.